The molecule has 1 aromatic carbocycles. The number of rotatable bonds is 8. The van der Waals surface area contributed by atoms with Crippen molar-refractivity contribution < 1.29 is 32.5 Å². The number of ether oxygens (including phenoxy) is 2. The van der Waals surface area contributed by atoms with Crippen LogP contribution < -0.4 is 19.7 Å². The molecule has 1 aliphatic heterocycles. The molecule has 0 aliphatic carbocycles. The van der Waals surface area contributed by atoms with Crippen LogP contribution in [0.1, 0.15) is 18.4 Å². The zero-order chi connectivity index (χ0) is 22.4. The molecule has 1 unspecified atom stereocenters. The second kappa shape index (κ2) is 9.71. The van der Waals surface area contributed by atoms with Crippen molar-refractivity contribution in [3.05, 3.63) is 35.9 Å². The van der Waals surface area contributed by atoms with Gasteiger partial charge < -0.3 is 24.8 Å². The van der Waals surface area contributed by atoms with E-state index < -0.39 is 18.2 Å². The van der Waals surface area contributed by atoms with Gasteiger partial charge in [0.15, 0.2) is 0 Å². The summed E-state index contributed by atoms with van der Waals surface area (Å²) in [5, 5.41) is 12.4. The first kappa shape index (κ1) is 22.4. The molecule has 0 amide bonds. The Bertz CT molecular complexity index is 893. The first-order chi connectivity index (χ1) is 14.7. The Labute approximate surface area is 177 Å². The van der Waals surface area contributed by atoms with Crippen LogP contribution >= 0.6 is 0 Å². The zero-order valence-corrected chi connectivity index (χ0v) is 16.9. The van der Waals surface area contributed by atoms with Gasteiger partial charge in [-0.15, -0.1) is 13.2 Å². The summed E-state index contributed by atoms with van der Waals surface area (Å²) in [6.45, 7) is 1.52. The molecule has 0 saturated carbocycles. The average molecular weight is 440 g/mol. The number of aliphatic carboxylic acids is 1. The number of benzene rings is 1. The van der Waals surface area contributed by atoms with Gasteiger partial charge in [0.05, 0.1) is 13.0 Å². The third-order valence-corrected chi connectivity index (χ3v) is 4.85. The number of anilines is 2. The Morgan fingerprint density at radius 3 is 2.68 bits per heavy atom. The molecule has 0 radical (unpaired) electrons. The van der Waals surface area contributed by atoms with Crippen molar-refractivity contribution in [2.75, 3.05) is 37.0 Å². The van der Waals surface area contributed by atoms with Crippen LogP contribution in [-0.4, -0.2) is 54.2 Å². The highest BCUT2D eigenvalue weighted by Crippen LogP contribution is 2.26. The molecule has 1 saturated heterocycles. The minimum absolute atomic E-state index is 0.158. The fourth-order valence-corrected chi connectivity index (χ4v) is 3.34. The number of nitrogens with zero attached hydrogens (tertiary/aromatic N) is 3. The number of carboxylic acids is 1. The summed E-state index contributed by atoms with van der Waals surface area (Å²) in [6, 6.07) is 7.55. The first-order valence-corrected chi connectivity index (χ1v) is 9.73. The topological polar surface area (TPSA) is 96.8 Å². The van der Waals surface area contributed by atoms with Crippen molar-refractivity contribution in [1.29, 1.82) is 0 Å². The third-order valence-electron chi connectivity index (χ3n) is 4.85. The predicted octanol–water partition coefficient (Wildman–Crippen LogP) is 3.34. The average Bonchev–Trinajstić information content (AvgIpc) is 2.74. The second-order valence-corrected chi connectivity index (χ2v) is 7.09. The van der Waals surface area contributed by atoms with E-state index in [4.69, 9.17) is 4.74 Å². The van der Waals surface area contributed by atoms with E-state index >= 15 is 0 Å². The van der Waals surface area contributed by atoms with Crippen molar-refractivity contribution in [1.82, 2.24) is 9.97 Å². The van der Waals surface area contributed by atoms with Crippen LogP contribution in [0.25, 0.3) is 0 Å². The molecule has 1 aliphatic rings. The standard InChI is InChI=1S/C20H23F3N4O4/c1-30-19-25-16(11-17(26-19)27-10-2-3-14(12-27)18(28)29)24-9-8-13-4-6-15(7-5-13)31-20(21,22)23/h4-7,11,14H,2-3,8-10,12H2,1H3,(H,28,29)(H,24,25,26). The molecule has 1 aromatic heterocycles. The van der Waals surface area contributed by atoms with E-state index in [9.17, 15) is 23.1 Å². The minimum atomic E-state index is -4.72. The smallest absolute Gasteiger partial charge is 0.481 e. The Balaban J connectivity index is 1.61. The number of hydrogen-bond donors (Lipinski definition) is 2. The molecular weight excluding hydrogens is 417 g/mol. The molecular formula is C20H23F3N4O4. The Hall–Kier alpha value is -3.24. The second-order valence-electron chi connectivity index (χ2n) is 7.09. The number of alkyl halides is 3. The number of piperidine rings is 1. The predicted molar refractivity (Wildman–Crippen MR) is 106 cm³/mol. The summed E-state index contributed by atoms with van der Waals surface area (Å²) in [4.78, 5) is 21.8. The Kier molecular flexibility index (Phi) is 7.03. The van der Waals surface area contributed by atoms with Gasteiger partial charge in [-0.1, -0.05) is 12.1 Å². The van der Waals surface area contributed by atoms with Crippen molar-refractivity contribution in [2.24, 2.45) is 5.92 Å². The number of hydrogen-bond acceptors (Lipinski definition) is 7. The van der Waals surface area contributed by atoms with E-state index in [1.54, 1.807) is 18.2 Å². The molecule has 8 nitrogen and oxygen atoms in total. The number of carbonyl (C=O) groups is 1. The Morgan fingerprint density at radius 2 is 2.03 bits per heavy atom. The number of halogens is 3. The van der Waals surface area contributed by atoms with Gasteiger partial charge >= 0.3 is 18.3 Å². The van der Waals surface area contributed by atoms with Crippen molar-refractivity contribution in [3.63, 3.8) is 0 Å². The number of aromatic nitrogens is 2. The lowest BCUT2D eigenvalue weighted by atomic mass is 9.98. The van der Waals surface area contributed by atoms with Crippen LogP contribution in [0, 0.1) is 5.92 Å². The summed E-state index contributed by atoms with van der Waals surface area (Å²) in [6.07, 6.45) is -2.80. The lowest BCUT2D eigenvalue weighted by Gasteiger charge is -2.31. The molecule has 3 rings (SSSR count). The highest BCUT2D eigenvalue weighted by molar-refractivity contribution is 5.71. The first-order valence-electron chi connectivity index (χ1n) is 9.73. The molecule has 31 heavy (non-hydrogen) atoms. The summed E-state index contributed by atoms with van der Waals surface area (Å²) in [5.41, 5.74) is 0.823. The van der Waals surface area contributed by atoms with E-state index in [-0.39, 0.29) is 11.8 Å². The van der Waals surface area contributed by atoms with Gasteiger partial charge in [0.25, 0.3) is 0 Å². The van der Waals surface area contributed by atoms with Crippen LogP contribution in [0.15, 0.2) is 30.3 Å². The van der Waals surface area contributed by atoms with Crippen molar-refractivity contribution in [3.8, 4) is 11.8 Å². The molecule has 1 atom stereocenters. The van der Waals surface area contributed by atoms with Crippen molar-refractivity contribution in [2.45, 2.75) is 25.6 Å². The third kappa shape index (κ3) is 6.63. The van der Waals surface area contributed by atoms with E-state index in [0.29, 0.717) is 44.1 Å². The normalized spacial score (nSPS) is 16.6. The molecule has 0 spiro atoms. The summed E-state index contributed by atoms with van der Waals surface area (Å²) in [7, 11) is 1.45. The van der Waals surface area contributed by atoms with Crippen LogP contribution in [0.3, 0.4) is 0 Å². The molecule has 168 valence electrons. The van der Waals surface area contributed by atoms with Gasteiger partial charge in [0, 0.05) is 25.7 Å². The van der Waals surface area contributed by atoms with Gasteiger partial charge in [-0.05, 0) is 37.0 Å². The lowest BCUT2D eigenvalue weighted by molar-refractivity contribution is -0.274. The van der Waals surface area contributed by atoms with Gasteiger partial charge in [-0.3, -0.25) is 4.79 Å². The van der Waals surface area contributed by atoms with Gasteiger partial charge in [-0.25, -0.2) is 0 Å². The molecule has 1 fully saturated rings. The number of methoxy groups -OCH3 is 1. The quantitative estimate of drug-likeness (QED) is 0.645. The van der Waals surface area contributed by atoms with E-state index in [2.05, 4.69) is 20.0 Å². The molecule has 2 N–H and O–H groups in total. The van der Waals surface area contributed by atoms with Crippen LogP contribution in [-0.2, 0) is 11.2 Å². The fourth-order valence-electron chi connectivity index (χ4n) is 3.34. The van der Waals surface area contributed by atoms with E-state index in [1.807, 2.05) is 4.90 Å². The number of nitrogens with one attached hydrogen (secondary N) is 1. The van der Waals surface area contributed by atoms with Gasteiger partial charge in [0.2, 0.25) is 0 Å². The maximum Gasteiger partial charge on any atom is 0.573 e. The van der Waals surface area contributed by atoms with Crippen LogP contribution in [0.2, 0.25) is 0 Å². The molecule has 2 aromatic rings. The van der Waals surface area contributed by atoms with Gasteiger partial charge in [-0.2, -0.15) is 9.97 Å². The lowest BCUT2D eigenvalue weighted by Crippen LogP contribution is -2.39. The molecule has 2 heterocycles. The van der Waals surface area contributed by atoms with Crippen LogP contribution in [0.5, 0.6) is 11.8 Å². The van der Waals surface area contributed by atoms with Crippen molar-refractivity contribution >= 4 is 17.6 Å². The monoisotopic (exact) mass is 440 g/mol. The molecule has 0 bridgehead atoms. The SMILES string of the molecule is COc1nc(NCCc2ccc(OC(F)(F)F)cc2)cc(N2CCCC(C(=O)O)C2)n1. The molecule has 11 heteroatoms. The van der Waals surface area contributed by atoms with Crippen LogP contribution in [0.4, 0.5) is 24.8 Å². The Morgan fingerprint density at radius 1 is 1.29 bits per heavy atom. The fraction of sp³-hybridized carbons (Fsp3) is 0.450. The summed E-state index contributed by atoms with van der Waals surface area (Å²) >= 11 is 0. The maximum absolute atomic E-state index is 12.2. The van der Waals surface area contributed by atoms with Gasteiger partial charge in [0.1, 0.15) is 17.4 Å². The summed E-state index contributed by atoms with van der Waals surface area (Å²) < 4.78 is 45.7. The highest BCUT2D eigenvalue weighted by Gasteiger charge is 2.31. The largest absolute Gasteiger partial charge is 0.573 e. The highest BCUT2D eigenvalue weighted by atomic mass is 19.4. The zero-order valence-electron chi connectivity index (χ0n) is 16.9. The summed E-state index contributed by atoms with van der Waals surface area (Å²) in [5.74, 6) is -0.452. The van der Waals surface area contributed by atoms with E-state index in [1.165, 1.54) is 19.2 Å². The van der Waals surface area contributed by atoms with E-state index in [0.717, 1.165) is 12.0 Å². The minimum Gasteiger partial charge on any atom is -0.481 e. The number of carboxylic acid groups (broad SMARTS) is 1. The maximum atomic E-state index is 12.2.